The number of piperidine rings is 1. The average Bonchev–Trinajstić information content (AvgIpc) is 3.10. The maximum absolute atomic E-state index is 12.8. The molecular formula is C21H22N2O2S. The van der Waals surface area contributed by atoms with Gasteiger partial charge in [0.25, 0.3) is 5.91 Å². The molecule has 0 N–H and O–H groups in total. The summed E-state index contributed by atoms with van der Waals surface area (Å²) in [6.45, 7) is 2.87. The zero-order chi connectivity index (χ0) is 17.9. The number of fused-ring (bicyclic) bond motifs is 1. The van der Waals surface area contributed by atoms with Crippen LogP contribution in [0.2, 0.25) is 0 Å². The average molecular weight is 366 g/mol. The van der Waals surface area contributed by atoms with Gasteiger partial charge in [-0.1, -0.05) is 24.3 Å². The van der Waals surface area contributed by atoms with Crippen LogP contribution in [0.4, 0.5) is 0 Å². The molecule has 0 spiro atoms. The number of ether oxygens (including phenoxy) is 1. The molecule has 2 aromatic carbocycles. The van der Waals surface area contributed by atoms with Crippen LogP contribution in [-0.4, -0.2) is 28.9 Å². The third-order valence-electron chi connectivity index (χ3n) is 4.77. The minimum atomic E-state index is 0.0375. The molecule has 1 amide bonds. The van der Waals surface area contributed by atoms with Crippen molar-refractivity contribution in [2.45, 2.75) is 32.2 Å². The predicted molar refractivity (Wildman–Crippen MR) is 105 cm³/mol. The van der Waals surface area contributed by atoms with Crippen molar-refractivity contribution in [1.29, 1.82) is 0 Å². The van der Waals surface area contributed by atoms with E-state index in [1.54, 1.807) is 11.3 Å². The van der Waals surface area contributed by atoms with Crippen molar-refractivity contribution in [1.82, 2.24) is 9.88 Å². The third-order valence-corrected chi connectivity index (χ3v) is 5.91. The first-order chi connectivity index (χ1) is 12.7. The third kappa shape index (κ3) is 3.58. The van der Waals surface area contributed by atoms with E-state index in [0.29, 0.717) is 0 Å². The molecule has 1 fully saturated rings. The smallest absolute Gasteiger partial charge is 0.261 e. The van der Waals surface area contributed by atoms with Gasteiger partial charge in [-0.25, -0.2) is 4.98 Å². The van der Waals surface area contributed by atoms with Crippen LogP contribution in [0.15, 0.2) is 48.5 Å². The number of benzene rings is 2. The Balaban J connectivity index is 1.50. The van der Waals surface area contributed by atoms with E-state index in [-0.39, 0.29) is 18.6 Å². The van der Waals surface area contributed by atoms with Gasteiger partial charge in [0.05, 0.1) is 16.3 Å². The highest BCUT2D eigenvalue weighted by Gasteiger charge is 2.30. The second-order valence-electron chi connectivity index (χ2n) is 6.72. The highest BCUT2D eigenvalue weighted by atomic mass is 32.1. The van der Waals surface area contributed by atoms with E-state index < -0.39 is 0 Å². The molecular weight excluding hydrogens is 344 g/mol. The summed E-state index contributed by atoms with van der Waals surface area (Å²) >= 11 is 1.70. The molecule has 0 saturated carbocycles. The minimum absolute atomic E-state index is 0.0375. The van der Waals surface area contributed by atoms with Crippen molar-refractivity contribution in [3.8, 4) is 5.75 Å². The number of hydrogen-bond acceptors (Lipinski definition) is 4. The molecule has 0 radical (unpaired) electrons. The first kappa shape index (κ1) is 17.0. The number of carbonyl (C=O) groups excluding carboxylic acids is 1. The zero-order valence-corrected chi connectivity index (χ0v) is 15.7. The summed E-state index contributed by atoms with van der Waals surface area (Å²) in [5.74, 6) is 0.780. The van der Waals surface area contributed by atoms with Crippen LogP contribution in [0.3, 0.4) is 0 Å². The summed E-state index contributed by atoms with van der Waals surface area (Å²) in [5.41, 5.74) is 2.14. The van der Waals surface area contributed by atoms with Gasteiger partial charge in [-0.05, 0) is 56.0 Å². The van der Waals surface area contributed by atoms with Crippen LogP contribution in [-0.2, 0) is 4.79 Å². The molecule has 134 valence electrons. The molecule has 1 aliphatic rings. The number of carbonyl (C=O) groups is 1. The summed E-state index contributed by atoms with van der Waals surface area (Å²) in [6, 6.07) is 16.0. The first-order valence-corrected chi connectivity index (χ1v) is 9.87. The Labute approximate surface area is 157 Å². The molecule has 2 heterocycles. The van der Waals surface area contributed by atoms with Crippen LogP contribution >= 0.6 is 11.3 Å². The number of likely N-dealkylation sites (tertiary alicyclic amines) is 1. The Bertz CT molecular complexity index is 888. The number of hydrogen-bond donors (Lipinski definition) is 0. The molecule has 0 bridgehead atoms. The fourth-order valence-electron chi connectivity index (χ4n) is 3.45. The Morgan fingerprint density at radius 3 is 2.96 bits per heavy atom. The SMILES string of the molecule is Cc1cccc(OCC(=O)N2CCCC[C@H]2c2nc3ccccc3s2)c1. The van der Waals surface area contributed by atoms with Crippen LogP contribution in [0, 0.1) is 6.92 Å². The molecule has 1 atom stereocenters. The summed E-state index contributed by atoms with van der Waals surface area (Å²) in [5, 5.41) is 1.04. The second-order valence-corrected chi connectivity index (χ2v) is 7.79. The van der Waals surface area contributed by atoms with Gasteiger partial charge >= 0.3 is 0 Å². The maximum Gasteiger partial charge on any atom is 0.261 e. The molecule has 3 aromatic rings. The lowest BCUT2D eigenvalue weighted by atomic mass is 10.0. The number of aromatic nitrogens is 1. The lowest BCUT2D eigenvalue weighted by Crippen LogP contribution is -2.41. The Hall–Kier alpha value is -2.40. The van der Waals surface area contributed by atoms with E-state index >= 15 is 0 Å². The summed E-state index contributed by atoms with van der Waals surface area (Å²) in [6.07, 6.45) is 3.14. The van der Waals surface area contributed by atoms with Crippen LogP contribution in [0.5, 0.6) is 5.75 Å². The van der Waals surface area contributed by atoms with Gasteiger partial charge in [0.2, 0.25) is 0 Å². The molecule has 0 unspecified atom stereocenters. The van der Waals surface area contributed by atoms with Crippen molar-refractivity contribution in [2.24, 2.45) is 0 Å². The quantitative estimate of drug-likeness (QED) is 0.670. The highest BCUT2D eigenvalue weighted by molar-refractivity contribution is 7.18. The Morgan fingerprint density at radius 2 is 2.12 bits per heavy atom. The van der Waals surface area contributed by atoms with Crippen molar-refractivity contribution >= 4 is 27.5 Å². The predicted octanol–water partition coefficient (Wildman–Crippen LogP) is 4.74. The van der Waals surface area contributed by atoms with Crippen LogP contribution in [0.1, 0.15) is 35.9 Å². The van der Waals surface area contributed by atoms with E-state index in [2.05, 4.69) is 6.07 Å². The lowest BCUT2D eigenvalue weighted by Gasteiger charge is -2.34. The fraction of sp³-hybridized carbons (Fsp3) is 0.333. The molecule has 1 saturated heterocycles. The molecule has 0 aliphatic carbocycles. The van der Waals surface area contributed by atoms with Gasteiger partial charge in [0, 0.05) is 6.54 Å². The van der Waals surface area contributed by atoms with Gasteiger partial charge in [0.1, 0.15) is 10.8 Å². The van der Waals surface area contributed by atoms with E-state index in [4.69, 9.17) is 9.72 Å². The zero-order valence-electron chi connectivity index (χ0n) is 14.9. The number of amides is 1. The minimum Gasteiger partial charge on any atom is -0.484 e. The van der Waals surface area contributed by atoms with Gasteiger partial charge in [-0.3, -0.25) is 4.79 Å². The van der Waals surface area contributed by atoms with Crippen molar-refractivity contribution in [2.75, 3.05) is 13.2 Å². The molecule has 26 heavy (non-hydrogen) atoms. The Morgan fingerprint density at radius 1 is 1.23 bits per heavy atom. The van der Waals surface area contributed by atoms with E-state index in [0.717, 1.165) is 47.6 Å². The van der Waals surface area contributed by atoms with Gasteiger partial charge in [-0.2, -0.15) is 0 Å². The first-order valence-electron chi connectivity index (χ1n) is 9.05. The summed E-state index contributed by atoms with van der Waals surface area (Å²) in [7, 11) is 0. The molecule has 5 heteroatoms. The summed E-state index contributed by atoms with van der Waals surface area (Å²) < 4.78 is 6.91. The number of rotatable bonds is 4. The molecule has 4 nitrogen and oxygen atoms in total. The molecule has 1 aliphatic heterocycles. The van der Waals surface area contributed by atoms with E-state index in [1.165, 1.54) is 4.70 Å². The number of nitrogens with zero attached hydrogens (tertiary/aromatic N) is 2. The van der Waals surface area contributed by atoms with E-state index in [9.17, 15) is 4.79 Å². The Kier molecular flexibility index (Phi) is 4.89. The number of thiazole rings is 1. The topological polar surface area (TPSA) is 42.4 Å². The number of aryl methyl sites for hydroxylation is 1. The van der Waals surface area contributed by atoms with Gasteiger partial charge < -0.3 is 9.64 Å². The van der Waals surface area contributed by atoms with E-state index in [1.807, 2.05) is 54.3 Å². The van der Waals surface area contributed by atoms with Crippen LogP contribution < -0.4 is 4.74 Å². The van der Waals surface area contributed by atoms with Crippen LogP contribution in [0.25, 0.3) is 10.2 Å². The van der Waals surface area contributed by atoms with Crippen molar-refractivity contribution in [3.05, 3.63) is 59.1 Å². The fourth-order valence-corrected chi connectivity index (χ4v) is 4.57. The van der Waals surface area contributed by atoms with Crippen molar-refractivity contribution < 1.29 is 9.53 Å². The monoisotopic (exact) mass is 366 g/mol. The normalized spacial score (nSPS) is 17.4. The summed E-state index contributed by atoms with van der Waals surface area (Å²) in [4.78, 5) is 19.6. The number of para-hydroxylation sites is 1. The molecule has 4 rings (SSSR count). The molecule has 1 aromatic heterocycles. The van der Waals surface area contributed by atoms with Gasteiger partial charge in [-0.15, -0.1) is 11.3 Å². The van der Waals surface area contributed by atoms with Gasteiger partial charge in [0.15, 0.2) is 6.61 Å². The largest absolute Gasteiger partial charge is 0.484 e. The lowest BCUT2D eigenvalue weighted by molar-refractivity contribution is -0.137. The highest BCUT2D eigenvalue weighted by Crippen LogP contribution is 2.35. The van der Waals surface area contributed by atoms with Crippen molar-refractivity contribution in [3.63, 3.8) is 0 Å². The standard InChI is InChI=1S/C21H22N2O2S/c1-15-7-6-8-16(13-15)25-14-20(24)23-12-5-4-10-18(23)21-22-17-9-2-3-11-19(17)26-21/h2-3,6-9,11,13,18H,4-5,10,12,14H2,1H3/t18-/m0/s1. The second kappa shape index (κ2) is 7.46. The maximum atomic E-state index is 12.8.